The summed E-state index contributed by atoms with van der Waals surface area (Å²) in [5, 5.41) is 1.48. The number of furan rings is 1. The van der Waals surface area contributed by atoms with Crippen molar-refractivity contribution in [3.05, 3.63) is 35.0 Å². The predicted octanol–water partition coefficient (Wildman–Crippen LogP) is 3.69. The van der Waals surface area contributed by atoms with Gasteiger partial charge in [0.05, 0.1) is 0 Å². The zero-order chi connectivity index (χ0) is 12.7. The standard InChI is InChI=1S/C14H13ClO3/c1-8-4-5-17-14(8)13(16)12-7-9-6-10(15)2-3-11(9)18-12/h2-3,6-8,14H,4-5H2,1H3. The number of fused-ring (bicyclic) bond motifs is 1. The van der Waals surface area contributed by atoms with Crippen molar-refractivity contribution in [1.82, 2.24) is 0 Å². The van der Waals surface area contributed by atoms with Gasteiger partial charge in [0, 0.05) is 17.0 Å². The van der Waals surface area contributed by atoms with Gasteiger partial charge in [0.25, 0.3) is 0 Å². The van der Waals surface area contributed by atoms with Crippen LogP contribution < -0.4 is 0 Å². The largest absolute Gasteiger partial charge is 0.453 e. The predicted molar refractivity (Wildman–Crippen MR) is 69.1 cm³/mol. The van der Waals surface area contributed by atoms with Gasteiger partial charge in [-0.15, -0.1) is 0 Å². The third-order valence-electron chi connectivity index (χ3n) is 3.37. The Morgan fingerprint density at radius 1 is 1.39 bits per heavy atom. The van der Waals surface area contributed by atoms with Crippen LogP contribution in [0.1, 0.15) is 23.9 Å². The molecule has 0 bridgehead atoms. The van der Waals surface area contributed by atoms with E-state index in [-0.39, 0.29) is 17.8 Å². The van der Waals surface area contributed by atoms with E-state index < -0.39 is 0 Å². The summed E-state index contributed by atoms with van der Waals surface area (Å²) >= 11 is 5.91. The molecule has 1 aliphatic heterocycles. The molecule has 18 heavy (non-hydrogen) atoms. The Morgan fingerprint density at radius 2 is 2.22 bits per heavy atom. The number of ether oxygens (including phenoxy) is 1. The van der Waals surface area contributed by atoms with Gasteiger partial charge in [-0.1, -0.05) is 18.5 Å². The van der Waals surface area contributed by atoms with Gasteiger partial charge in [0.15, 0.2) is 5.76 Å². The number of carbonyl (C=O) groups is 1. The van der Waals surface area contributed by atoms with Crippen molar-refractivity contribution in [2.75, 3.05) is 6.61 Å². The molecule has 4 heteroatoms. The van der Waals surface area contributed by atoms with E-state index in [1.807, 2.05) is 6.92 Å². The van der Waals surface area contributed by atoms with Crippen LogP contribution in [0.15, 0.2) is 28.7 Å². The van der Waals surface area contributed by atoms with Crippen molar-refractivity contribution in [2.24, 2.45) is 5.92 Å². The van der Waals surface area contributed by atoms with E-state index in [4.69, 9.17) is 20.8 Å². The quantitative estimate of drug-likeness (QED) is 0.777. The molecule has 2 aromatic rings. The second-order valence-corrected chi connectivity index (χ2v) is 5.15. The molecule has 0 saturated carbocycles. The molecule has 1 aliphatic rings. The first-order chi connectivity index (χ1) is 8.65. The second-order valence-electron chi connectivity index (χ2n) is 4.71. The molecule has 94 valence electrons. The number of rotatable bonds is 2. The van der Waals surface area contributed by atoms with Crippen molar-refractivity contribution in [2.45, 2.75) is 19.4 Å². The molecule has 1 aromatic carbocycles. The average molecular weight is 265 g/mol. The smallest absolute Gasteiger partial charge is 0.226 e. The Balaban J connectivity index is 1.96. The van der Waals surface area contributed by atoms with Crippen molar-refractivity contribution < 1.29 is 13.9 Å². The molecule has 0 amide bonds. The number of carbonyl (C=O) groups excluding carboxylic acids is 1. The Labute approximate surface area is 110 Å². The number of benzene rings is 1. The van der Waals surface area contributed by atoms with Crippen molar-refractivity contribution in [3.8, 4) is 0 Å². The van der Waals surface area contributed by atoms with Crippen LogP contribution in [0.2, 0.25) is 5.02 Å². The maximum Gasteiger partial charge on any atom is 0.226 e. The van der Waals surface area contributed by atoms with Crippen molar-refractivity contribution in [3.63, 3.8) is 0 Å². The van der Waals surface area contributed by atoms with Gasteiger partial charge in [-0.3, -0.25) is 4.79 Å². The van der Waals surface area contributed by atoms with E-state index in [2.05, 4.69) is 0 Å². The maximum atomic E-state index is 12.3. The molecule has 1 aromatic heterocycles. The average Bonchev–Trinajstić information content (AvgIpc) is 2.93. The molecule has 2 atom stereocenters. The van der Waals surface area contributed by atoms with E-state index >= 15 is 0 Å². The van der Waals surface area contributed by atoms with Crippen molar-refractivity contribution in [1.29, 1.82) is 0 Å². The molecule has 1 fully saturated rings. The SMILES string of the molecule is CC1CCOC1C(=O)c1cc2cc(Cl)ccc2o1. The first-order valence-corrected chi connectivity index (χ1v) is 6.38. The van der Waals surface area contributed by atoms with Gasteiger partial charge >= 0.3 is 0 Å². The molecule has 0 radical (unpaired) electrons. The lowest BCUT2D eigenvalue weighted by molar-refractivity contribution is 0.0554. The maximum absolute atomic E-state index is 12.3. The van der Waals surface area contributed by atoms with Gasteiger partial charge < -0.3 is 9.15 Å². The third-order valence-corrected chi connectivity index (χ3v) is 3.60. The van der Waals surface area contributed by atoms with E-state index in [0.29, 0.717) is 23.0 Å². The highest BCUT2D eigenvalue weighted by molar-refractivity contribution is 6.31. The molecule has 1 saturated heterocycles. The number of hydrogen-bond acceptors (Lipinski definition) is 3. The van der Waals surface area contributed by atoms with Crippen LogP contribution in [0.3, 0.4) is 0 Å². The van der Waals surface area contributed by atoms with E-state index in [1.165, 1.54) is 0 Å². The van der Waals surface area contributed by atoms with Crippen LogP contribution in [-0.4, -0.2) is 18.5 Å². The number of ketones is 1. The first kappa shape index (κ1) is 11.8. The lowest BCUT2D eigenvalue weighted by Crippen LogP contribution is -2.24. The first-order valence-electron chi connectivity index (χ1n) is 6.00. The molecule has 0 aliphatic carbocycles. The lowest BCUT2D eigenvalue weighted by atomic mass is 9.99. The fraction of sp³-hybridized carbons (Fsp3) is 0.357. The number of hydrogen-bond donors (Lipinski definition) is 0. The topological polar surface area (TPSA) is 39.4 Å². The summed E-state index contributed by atoms with van der Waals surface area (Å²) in [6, 6.07) is 7.04. The summed E-state index contributed by atoms with van der Waals surface area (Å²) in [4.78, 5) is 12.3. The molecular weight excluding hydrogens is 252 g/mol. The molecule has 3 nitrogen and oxygen atoms in total. The Bertz CT molecular complexity index is 602. The summed E-state index contributed by atoms with van der Waals surface area (Å²) in [5.74, 6) is 0.521. The Morgan fingerprint density at radius 3 is 2.94 bits per heavy atom. The van der Waals surface area contributed by atoms with Crippen LogP contribution in [0, 0.1) is 5.92 Å². The van der Waals surface area contributed by atoms with Gasteiger partial charge in [-0.25, -0.2) is 0 Å². The number of Topliss-reactive ketones (excluding diaryl/α,β-unsaturated/α-hetero) is 1. The van der Waals surface area contributed by atoms with E-state index in [1.54, 1.807) is 24.3 Å². The molecular formula is C14H13ClO3. The fourth-order valence-corrected chi connectivity index (χ4v) is 2.49. The van der Waals surface area contributed by atoms with Crippen molar-refractivity contribution >= 4 is 28.4 Å². The molecule has 2 heterocycles. The second kappa shape index (κ2) is 4.41. The summed E-state index contributed by atoms with van der Waals surface area (Å²) < 4.78 is 11.0. The van der Waals surface area contributed by atoms with Gasteiger partial charge in [0.2, 0.25) is 5.78 Å². The summed E-state index contributed by atoms with van der Waals surface area (Å²) in [5.41, 5.74) is 0.674. The highest BCUT2D eigenvalue weighted by Gasteiger charge is 2.33. The summed E-state index contributed by atoms with van der Waals surface area (Å²) in [6.07, 6.45) is 0.545. The van der Waals surface area contributed by atoms with Gasteiger partial charge in [-0.05, 0) is 36.6 Å². The highest BCUT2D eigenvalue weighted by atomic mass is 35.5. The zero-order valence-corrected chi connectivity index (χ0v) is 10.7. The van der Waals surface area contributed by atoms with Crippen LogP contribution in [-0.2, 0) is 4.74 Å². The zero-order valence-electron chi connectivity index (χ0n) is 9.98. The highest BCUT2D eigenvalue weighted by Crippen LogP contribution is 2.28. The minimum atomic E-state index is -0.374. The van der Waals surface area contributed by atoms with Gasteiger partial charge in [0.1, 0.15) is 11.7 Å². The van der Waals surface area contributed by atoms with E-state index in [0.717, 1.165) is 11.8 Å². The van der Waals surface area contributed by atoms with Crippen LogP contribution in [0.4, 0.5) is 0 Å². The van der Waals surface area contributed by atoms with Crippen LogP contribution >= 0.6 is 11.6 Å². The lowest BCUT2D eigenvalue weighted by Gasteiger charge is -2.10. The monoisotopic (exact) mass is 264 g/mol. The minimum Gasteiger partial charge on any atom is -0.453 e. The Hall–Kier alpha value is -1.32. The van der Waals surface area contributed by atoms with E-state index in [9.17, 15) is 4.79 Å². The minimum absolute atomic E-state index is 0.0766. The molecule has 0 spiro atoms. The van der Waals surface area contributed by atoms with Gasteiger partial charge in [-0.2, -0.15) is 0 Å². The third kappa shape index (κ3) is 1.93. The molecule has 2 unspecified atom stereocenters. The van der Waals surface area contributed by atoms with Crippen LogP contribution in [0.25, 0.3) is 11.0 Å². The Kier molecular flexibility index (Phi) is 2.88. The number of halogens is 1. The molecule has 3 rings (SSSR count). The molecule has 0 N–H and O–H groups in total. The summed E-state index contributed by atoms with van der Waals surface area (Å²) in [7, 11) is 0. The van der Waals surface area contributed by atoms with Crippen LogP contribution in [0.5, 0.6) is 0 Å². The fourth-order valence-electron chi connectivity index (χ4n) is 2.31. The summed E-state index contributed by atoms with van der Waals surface area (Å²) in [6.45, 7) is 2.67. The normalized spacial score (nSPS) is 23.7.